The minimum Gasteiger partial charge on any atom is -0.488 e. The first-order valence-electron chi connectivity index (χ1n) is 19.3. The van der Waals surface area contributed by atoms with Crippen molar-refractivity contribution in [2.24, 2.45) is 0 Å². The van der Waals surface area contributed by atoms with Crippen LogP contribution in [0.3, 0.4) is 0 Å². The topological polar surface area (TPSA) is 154 Å². The van der Waals surface area contributed by atoms with Gasteiger partial charge in [0.1, 0.15) is 18.5 Å². The molecule has 3 aromatic rings. The van der Waals surface area contributed by atoms with Gasteiger partial charge in [-0.15, -0.1) is 11.3 Å². The van der Waals surface area contributed by atoms with Crippen LogP contribution in [0.25, 0.3) is 11.3 Å². The number of hydrogen-bond donors (Lipinski definition) is 2. The SMILES string of the molecule is O=C1CCC(N2C(=O)c3cc(F)c(N4CCN(C(=O)CCCCCCNCCOc5c(-c6csc(N7CCOCC7)n6)ccc(F)c5F)CC4)cc3C2=O)C(=O)N1. The van der Waals surface area contributed by atoms with Crippen LogP contribution in [0, 0.1) is 17.5 Å². The minimum atomic E-state index is -1.14. The first-order chi connectivity index (χ1) is 27.6. The van der Waals surface area contributed by atoms with Crippen molar-refractivity contribution in [2.45, 2.75) is 51.0 Å². The molecule has 0 radical (unpaired) electrons. The second-order valence-corrected chi connectivity index (χ2v) is 15.1. The molecule has 2 N–H and O–H groups in total. The zero-order valence-corrected chi connectivity index (χ0v) is 32.1. The van der Waals surface area contributed by atoms with Gasteiger partial charge in [-0.2, -0.15) is 4.39 Å². The van der Waals surface area contributed by atoms with Crippen molar-refractivity contribution in [2.75, 3.05) is 82.0 Å². The number of imide groups is 2. The summed E-state index contributed by atoms with van der Waals surface area (Å²) in [5.74, 6) is -5.55. The van der Waals surface area contributed by atoms with Crippen molar-refractivity contribution in [1.29, 1.82) is 0 Å². The zero-order valence-electron chi connectivity index (χ0n) is 31.3. The van der Waals surface area contributed by atoms with Crippen molar-refractivity contribution in [3.05, 3.63) is 58.2 Å². The summed E-state index contributed by atoms with van der Waals surface area (Å²) in [6.45, 7) is 5.34. The summed E-state index contributed by atoms with van der Waals surface area (Å²) in [6.07, 6.45) is 3.70. The van der Waals surface area contributed by atoms with E-state index in [0.29, 0.717) is 76.6 Å². The molecule has 1 unspecified atom stereocenters. The Kier molecular flexibility index (Phi) is 12.7. The number of nitrogens with one attached hydrogen (secondary N) is 2. The summed E-state index contributed by atoms with van der Waals surface area (Å²) in [7, 11) is 0. The van der Waals surface area contributed by atoms with Crippen molar-refractivity contribution >= 4 is 51.7 Å². The maximum Gasteiger partial charge on any atom is 0.262 e. The highest BCUT2D eigenvalue weighted by Gasteiger charge is 2.45. The third-order valence-corrected chi connectivity index (χ3v) is 11.5. The van der Waals surface area contributed by atoms with Crippen LogP contribution in [0.15, 0.2) is 29.6 Å². The molecule has 5 amide bonds. The molecule has 4 aliphatic rings. The molecule has 0 aliphatic carbocycles. The Balaban J connectivity index is 0.789. The molecule has 57 heavy (non-hydrogen) atoms. The Morgan fingerprint density at radius 3 is 2.37 bits per heavy atom. The molecular formula is C39H44F3N7O7S. The molecule has 2 aromatic carbocycles. The van der Waals surface area contributed by atoms with Gasteiger partial charge in [-0.1, -0.05) is 12.8 Å². The van der Waals surface area contributed by atoms with Crippen LogP contribution in [-0.4, -0.2) is 123 Å². The van der Waals surface area contributed by atoms with Gasteiger partial charge in [0.25, 0.3) is 11.8 Å². The van der Waals surface area contributed by atoms with E-state index in [2.05, 4.69) is 20.5 Å². The number of fused-ring (bicyclic) bond motifs is 1. The number of morpholine rings is 1. The van der Waals surface area contributed by atoms with E-state index in [-0.39, 0.29) is 47.9 Å². The fraction of sp³-hybridized carbons (Fsp3) is 0.487. The van der Waals surface area contributed by atoms with Gasteiger partial charge in [-0.05, 0) is 50.1 Å². The van der Waals surface area contributed by atoms with Crippen LogP contribution in [-0.2, 0) is 19.1 Å². The van der Waals surface area contributed by atoms with Gasteiger partial charge in [0.2, 0.25) is 23.5 Å². The first-order valence-corrected chi connectivity index (χ1v) is 20.2. The first kappa shape index (κ1) is 40.1. The van der Waals surface area contributed by atoms with Crippen LogP contribution < -0.4 is 25.2 Å². The molecule has 304 valence electrons. The molecule has 1 aromatic heterocycles. The van der Waals surface area contributed by atoms with E-state index in [1.165, 1.54) is 23.5 Å². The van der Waals surface area contributed by atoms with Gasteiger partial charge < -0.3 is 29.5 Å². The number of ether oxygens (including phenoxy) is 2. The Morgan fingerprint density at radius 2 is 1.61 bits per heavy atom. The molecule has 0 saturated carbocycles. The van der Waals surface area contributed by atoms with Crippen molar-refractivity contribution < 1.29 is 46.6 Å². The number of carbonyl (C=O) groups excluding carboxylic acids is 5. The Morgan fingerprint density at radius 1 is 0.877 bits per heavy atom. The number of anilines is 2. The molecule has 5 heterocycles. The number of rotatable bonds is 15. The third-order valence-electron chi connectivity index (χ3n) is 10.6. The summed E-state index contributed by atoms with van der Waals surface area (Å²) in [6, 6.07) is 3.78. The Labute approximate surface area is 331 Å². The number of unbranched alkanes of at least 4 members (excludes halogenated alkanes) is 3. The fourth-order valence-electron chi connectivity index (χ4n) is 7.47. The predicted octanol–water partition coefficient (Wildman–Crippen LogP) is 3.73. The second-order valence-electron chi connectivity index (χ2n) is 14.3. The van der Waals surface area contributed by atoms with E-state index in [1.807, 2.05) is 5.38 Å². The van der Waals surface area contributed by atoms with E-state index < -0.39 is 47.1 Å². The number of aromatic nitrogens is 1. The maximum absolute atomic E-state index is 15.3. The summed E-state index contributed by atoms with van der Waals surface area (Å²) in [5.41, 5.74) is 0.943. The number of hydrogen-bond acceptors (Lipinski definition) is 12. The molecule has 1 atom stereocenters. The number of benzene rings is 2. The lowest BCUT2D eigenvalue weighted by atomic mass is 10.0. The molecule has 3 fully saturated rings. The standard InChI is InChI=1S/C39H44F3N7O7S/c40-27-7-6-24(29-23-57-39(44-29)48-16-19-55-20-17-48)35(34(27)42)56-18-11-43-10-4-2-1-3-5-33(51)47-14-12-46(13-15-47)31-22-26-25(21-28(31)41)37(53)49(38(26)54)30-8-9-32(50)45-36(30)52/h6-7,21-23,30,43H,1-5,8-20H2,(H,45,50,52). The van der Waals surface area contributed by atoms with E-state index in [9.17, 15) is 32.8 Å². The molecular weight excluding hydrogens is 768 g/mol. The smallest absolute Gasteiger partial charge is 0.262 e. The van der Waals surface area contributed by atoms with Gasteiger partial charge in [0, 0.05) is 69.6 Å². The highest BCUT2D eigenvalue weighted by atomic mass is 32.1. The van der Waals surface area contributed by atoms with Crippen molar-refractivity contribution in [3.8, 4) is 17.0 Å². The summed E-state index contributed by atoms with van der Waals surface area (Å²) < 4.78 is 55.4. The lowest BCUT2D eigenvalue weighted by molar-refractivity contribution is -0.136. The quantitative estimate of drug-likeness (QED) is 0.171. The van der Waals surface area contributed by atoms with Crippen LogP contribution in [0.4, 0.5) is 24.0 Å². The molecule has 0 spiro atoms. The van der Waals surface area contributed by atoms with Crippen LogP contribution in [0.2, 0.25) is 0 Å². The van der Waals surface area contributed by atoms with Gasteiger partial charge in [0.05, 0.1) is 35.7 Å². The van der Waals surface area contributed by atoms with Crippen molar-refractivity contribution in [3.63, 3.8) is 0 Å². The van der Waals surface area contributed by atoms with E-state index in [4.69, 9.17) is 9.47 Å². The second kappa shape index (κ2) is 18.0. The molecule has 14 nitrogen and oxygen atoms in total. The normalized spacial score (nSPS) is 18.7. The molecule has 0 bridgehead atoms. The number of nitrogens with zero attached hydrogens (tertiary/aromatic N) is 5. The zero-order chi connectivity index (χ0) is 40.1. The number of piperidine rings is 1. The third kappa shape index (κ3) is 8.92. The average molecular weight is 812 g/mol. The number of piperazine rings is 1. The number of halogens is 3. The predicted molar refractivity (Wildman–Crippen MR) is 204 cm³/mol. The summed E-state index contributed by atoms with van der Waals surface area (Å²) >= 11 is 1.44. The lowest BCUT2D eigenvalue weighted by Gasteiger charge is -2.36. The van der Waals surface area contributed by atoms with Crippen molar-refractivity contribution in [1.82, 2.24) is 25.4 Å². The van der Waals surface area contributed by atoms with Crippen LogP contribution >= 0.6 is 11.3 Å². The monoisotopic (exact) mass is 811 g/mol. The van der Waals surface area contributed by atoms with E-state index in [1.54, 1.807) is 9.80 Å². The van der Waals surface area contributed by atoms with Gasteiger partial charge in [-0.25, -0.2) is 13.8 Å². The highest BCUT2D eigenvalue weighted by molar-refractivity contribution is 7.14. The largest absolute Gasteiger partial charge is 0.488 e. The van der Waals surface area contributed by atoms with Gasteiger partial charge in [0.15, 0.2) is 16.7 Å². The van der Waals surface area contributed by atoms with Gasteiger partial charge in [-0.3, -0.25) is 34.2 Å². The fourth-order valence-corrected chi connectivity index (χ4v) is 8.35. The minimum absolute atomic E-state index is 0.00186. The van der Waals surface area contributed by atoms with Gasteiger partial charge >= 0.3 is 0 Å². The Bertz CT molecular complexity index is 2020. The summed E-state index contributed by atoms with van der Waals surface area (Å²) in [5, 5.41) is 8.02. The molecule has 3 saturated heterocycles. The average Bonchev–Trinajstić information content (AvgIpc) is 3.79. The summed E-state index contributed by atoms with van der Waals surface area (Å²) in [4.78, 5) is 74.1. The molecule has 18 heteroatoms. The van der Waals surface area contributed by atoms with Crippen LogP contribution in [0.1, 0.15) is 65.7 Å². The van der Waals surface area contributed by atoms with Crippen LogP contribution in [0.5, 0.6) is 5.75 Å². The van der Waals surface area contributed by atoms with E-state index in [0.717, 1.165) is 54.5 Å². The number of carbonyl (C=O) groups is 5. The molecule has 7 rings (SSSR count). The number of thiazole rings is 1. The number of amides is 5. The van der Waals surface area contributed by atoms with E-state index >= 15 is 4.39 Å². The lowest BCUT2D eigenvalue weighted by Crippen LogP contribution is -2.54. The highest BCUT2D eigenvalue weighted by Crippen LogP contribution is 2.37. The maximum atomic E-state index is 15.3. The molecule has 4 aliphatic heterocycles. The Hall–Kier alpha value is -5.07.